The van der Waals surface area contributed by atoms with Crippen LogP contribution in [0.5, 0.6) is 0 Å². The molecule has 0 aliphatic heterocycles. The standard InChI is InChI=1S/C16H19ClO/c1-3-11(2)10-16(18)14-8-9-15(17)13-7-5-4-6-12(13)14/h4-9,11,16,18H,3,10H2,1-2H3. The van der Waals surface area contributed by atoms with Gasteiger partial charge in [-0.1, -0.05) is 62.2 Å². The largest absolute Gasteiger partial charge is 0.388 e. The van der Waals surface area contributed by atoms with Crippen LogP contribution in [0.4, 0.5) is 0 Å². The lowest BCUT2D eigenvalue weighted by Crippen LogP contribution is -2.04. The zero-order valence-electron chi connectivity index (χ0n) is 10.9. The fourth-order valence-corrected chi connectivity index (χ4v) is 2.48. The molecule has 0 bridgehead atoms. The van der Waals surface area contributed by atoms with E-state index in [0.717, 1.165) is 34.2 Å². The highest BCUT2D eigenvalue weighted by Crippen LogP contribution is 2.32. The van der Waals surface area contributed by atoms with E-state index in [4.69, 9.17) is 11.6 Å². The van der Waals surface area contributed by atoms with Gasteiger partial charge in [0.15, 0.2) is 0 Å². The van der Waals surface area contributed by atoms with Crippen LogP contribution in [0.15, 0.2) is 36.4 Å². The zero-order chi connectivity index (χ0) is 13.1. The predicted molar refractivity (Wildman–Crippen MR) is 78.0 cm³/mol. The first-order chi connectivity index (χ1) is 8.63. The van der Waals surface area contributed by atoms with Crippen LogP contribution in [0.1, 0.15) is 38.4 Å². The molecule has 0 saturated heterocycles. The Morgan fingerprint density at radius 3 is 2.44 bits per heavy atom. The summed E-state index contributed by atoms with van der Waals surface area (Å²) < 4.78 is 0. The average Bonchev–Trinajstić information content (AvgIpc) is 2.39. The Balaban J connectivity index is 2.42. The lowest BCUT2D eigenvalue weighted by molar-refractivity contribution is 0.148. The number of aliphatic hydroxyl groups is 1. The highest BCUT2D eigenvalue weighted by Gasteiger charge is 2.14. The molecule has 0 aromatic heterocycles. The molecule has 2 aromatic carbocycles. The molecule has 1 N–H and O–H groups in total. The molecule has 1 nitrogen and oxygen atoms in total. The smallest absolute Gasteiger partial charge is 0.0798 e. The molecule has 0 amide bonds. The zero-order valence-corrected chi connectivity index (χ0v) is 11.6. The van der Waals surface area contributed by atoms with Crippen molar-refractivity contribution in [1.82, 2.24) is 0 Å². The summed E-state index contributed by atoms with van der Waals surface area (Å²) in [5, 5.41) is 13.2. The van der Waals surface area contributed by atoms with E-state index in [2.05, 4.69) is 13.8 Å². The van der Waals surface area contributed by atoms with Gasteiger partial charge in [0.25, 0.3) is 0 Å². The number of rotatable bonds is 4. The summed E-state index contributed by atoms with van der Waals surface area (Å²) in [6.07, 6.45) is 1.46. The van der Waals surface area contributed by atoms with E-state index < -0.39 is 6.10 Å². The molecule has 96 valence electrons. The van der Waals surface area contributed by atoms with Crippen molar-refractivity contribution in [3.05, 3.63) is 47.0 Å². The van der Waals surface area contributed by atoms with E-state index in [9.17, 15) is 5.11 Å². The molecular formula is C16H19ClO. The first kappa shape index (κ1) is 13.4. The van der Waals surface area contributed by atoms with E-state index in [0.29, 0.717) is 5.92 Å². The van der Waals surface area contributed by atoms with Crippen LogP contribution in [0.2, 0.25) is 5.02 Å². The van der Waals surface area contributed by atoms with Crippen LogP contribution >= 0.6 is 11.6 Å². The minimum absolute atomic E-state index is 0.415. The molecular weight excluding hydrogens is 244 g/mol. The number of aliphatic hydroxyl groups excluding tert-OH is 1. The van der Waals surface area contributed by atoms with Gasteiger partial charge in [0.1, 0.15) is 0 Å². The Morgan fingerprint density at radius 2 is 1.78 bits per heavy atom. The fraction of sp³-hybridized carbons (Fsp3) is 0.375. The van der Waals surface area contributed by atoms with Crippen LogP contribution in [0.25, 0.3) is 10.8 Å². The Kier molecular flexibility index (Phi) is 4.26. The third kappa shape index (κ3) is 2.68. The summed E-state index contributed by atoms with van der Waals surface area (Å²) in [4.78, 5) is 0. The average molecular weight is 263 g/mol. The molecule has 0 saturated carbocycles. The Morgan fingerprint density at radius 1 is 1.11 bits per heavy atom. The molecule has 0 fully saturated rings. The Bertz CT molecular complexity index is 536. The van der Waals surface area contributed by atoms with Gasteiger partial charge in [-0.05, 0) is 29.4 Å². The third-order valence-corrected chi connectivity index (χ3v) is 3.92. The quantitative estimate of drug-likeness (QED) is 0.825. The van der Waals surface area contributed by atoms with Crippen LogP contribution in [-0.2, 0) is 0 Å². The maximum absolute atomic E-state index is 10.4. The molecule has 2 heteroatoms. The number of halogens is 1. The van der Waals surface area contributed by atoms with Crippen molar-refractivity contribution < 1.29 is 5.11 Å². The third-order valence-electron chi connectivity index (χ3n) is 3.59. The second kappa shape index (κ2) is 5.73. The summed E-state index contributed by atoms with van der Waals surface area (Å²) in [5.74, 6) is 0.523. The molecule has 0 aliphatic rings. The lowest BCUT2D eigenvalue weighted by atomic mass is 9.93. The van der Waals surface area contributed by atoms with Gasteiger partial charge in [0.2, 0.25) is 0 Å². The van der Waals surface area contributed by atoms with Gasteiger partial charge in [-0.25, -0.2) is 0 Å². The molecule has 0 heterocycles. The van der Waals surface area contributed by atoms with Crippen LogP contribution in [0.3, 0.4) is 0 Å². The van der Waals surface area contributed by atoms with Gasteiger partial charge in [-0.15, -0.1) is 0 Å². The van der Waals surface area contributed by atoms with Crippen molar-refractivity contribution >= 4 is 22.4 Å². The molecule has 0 spiro atoms. The van der Waals surface area contributed by atoms with Gasteiger partial charge in [-0.2, -0.15) is 0 Å². The Hall–Kier alpha value is -1.05. The van der Waals surface area contributed by atoms with Crippen molar-refractivity contribution in [1.29, 1.82) is 0 Å². The number of hydrogen-bond donors (Lipinski definition) is 1. The van der Waals surface area contributed by atoms with E-state index in [-0.39, 0.29) is 0 Å². The van der Waals surface area contributed by atoms with Crippen molar-refractivity contribution in [3.8, 4) is 0 Å². The molecule has 18 heavy (non-hydrogen) atoms. The summed E-state index contributed by atoms with van der Waals surface area (Å²) in [6, 6.07) is 11.8. The topological polar surface area (TPSA) is 20.2 Å². The molecule has 2 atom stereocenters. The van der Waals surface area contributed by atoms with E-state index in [1.54, 1.807) is 0 Å². The Labute approximate surface area is 113 Å². The summed E-state index contributed by atoms with van der Waals surface area (Å²) >= 11 is 6.19. The number of fused-ring (bicyclic) bond motifs is 1. The highest BCUT2D eigenvalue weighted by molar-refractivity contribution is 6.35. The molecule has 2 unspecified atom stereocenters. The second-order valence-electron chi connectivity index (χ2n) is 4.95. The van der Waals surface area contributed by atoms with E-state index >= 15 is 0 Å². The molecule has 0 radical (unpaired) electrons. The summed E-state index contributed by atoms with van der Waals surface area (Å²) in [7, 11) is 0. The number of hydrogen-bond acceptors (Lipinski definition) is 1. The van der Waals surface area contributed by atoms with Gasteiger partial charge < -0.3 is 5.11 Å². The summed E-state index contributed by atoms with van der Waals surface area (Å²) in [5.41, 5.74) is 0.982. The summed E-state index contributed by atoms with van der Waals surface area (Å²) in [6.45, 7) is 4.32. The van der Waals surface area contributed by atoms with Crippen molar-refractivity contribution in [2.24, 2.45) is 5.92 Å². The SMILES string of the molecule is CCC(C)CC(O)c1ccc(Cl)c2ccccc12. The van der Waals surface area contributed by atoms with Crippen molar-refractivity contribution in [3.63, 3.8) is 0 Å². The van der Waals surface area contributed by atoms with Gasteiger partial charge in [0.05, 0.1) is 6.10 Å². The van der Waals surface area contributed by atoms with E-state index in [1.807, 2.05) is 36.4 Å². The predicted octanol–water partition coefficient (Wildman–Crippen LogP) is 4.96. The van der Waals surface area contributed by atoms with Crippen molar-refractivity contribution in [2.45, 2.75) is 32.8 Å². The minimum Gasteiger partial charge on any atom is -0.388 e. The maximum atomic E-state index is 10.4. The molecule has 2 aromatic rings. The first-order valence-electron chi connectivity index (χ1n) is 6.48. The fourth-order valence-electron chi connectivity index (χ4n) is 2.25. The monoisotopic (exact) mass is 262 g/mol. The first-order valence-corrected chi connectivity index (χ1v) is 6.86. The van der Waals surface area contributed by atoms with Gasteiger partial charge in [-0.3, -0.25) is 0 Å². The van der Waals surface area contributed by atoms with Gasteiger partial charge >= 0.3 is 0 Å². The van der Waals surface area contributed by atoms with Crippen molar-refractivity contribution in [2.75, 3.05) is 0 Å². The van der Waals surface area contributed by atoms with Crippen LogP contribution < -0.4 is 0 Å². The van der Waals surface area contributed by atoms with E-state index in [1.165, 1.54) is 0 Å². The highest BCUT2D eigenvalue weighted by atomic mass is 35.5. The normalized spacial score (nSPS) is 14.7. The number of benzene rings is 2. The molecule has 2 rings (SSSR count). The molecule has 0 aliphatic carbocycles. The van der Waals surface area contributed by atoms with Gasteiger partial charge in [0, 0.05) is 10.4 Å². The second-order valence-corrected chi connectivity index (χ2v) is 5.35. The van der Waals surface area contributed by atoms with Crippen LogP contribution in [-0.4, -0.2) is 5.11 Å². The van der Waals surface area contributed by atoms with Crippen LogP contribution in [0, 0.1) is 5.92 Å². The maximum Gasteiger partial charge on any atom is 0.0798 e. The lowest BCUT2D eigenvalue weighted by Gasteiger charge is -2.17. The minimum atomic E-state index is -0.415.